The van der Waals surface area contributed by atoms with Crippen LogP contribution in [-0.2, 0) is 13.0 Å². The lowest BCUT2D eigenvalue weighted by atomic mass is 10.2. The van der Waals surface area contributed by atoms with E-state index < -0.39 is 0 Å². The minimum absolute atomic E-state index is 0.0389. The lowest BCUT2D eigenvalue weighted by Gasteiger charge is -2.02. The molecule has 1 rings (SSSR count). The number of anilines is 1. The summed E-state index contributed by atoms with van der Waals surface area (Å²) in [5.74, 6) is 0.437. The van der Waals surface area contributed by atoms with Crippen molar-refractivity contribution < 1.29 is 5.11 Å². The molecule has 0 fully saturated rings. The smallest absolute Gasteiger partial charge is 0.129 e. The van der Waals surface area contributed by atoms with Gasteiger partial charge in [-0.15, -0.1) is 0 Å². The third kappa shape index (κ3) is 1.68. The fraction of sp³-hybridized carbons (Fsp3) is 0.375. The van der Waals surface area contributed by atoms with Gasteiger partial charge in [-0.05, 0) is 12.5 Å². The van der Waals surface area contributed by atoms with E-state index in [0.29, 0.717) is 11.4 Å². The van der Waals surface area contributed by atoms with Gasteiger partial charge >= 0.3 is 0 Å². The van der Waals surface area contributed by atoms with Gasteiger partial charge in [0.15, 0.2) is 0 Å². The van der Waals surface area contributed by atoms with Crippen molar-refractivity contribution in [1.82, 2.24) is 4.98 Å². The average Bonchev–Trinajstić information content (AvgIpc) is 2.04. The maximum atomic E-state index is 8.76. The zero-order valence-electron chi connectivity index (χ0n) is 6.54. The molecule has 0 aliphatic rings. The molecule has 0 saturated carbocycles. The van der Waals surface area contributed by atoms with E-state index in [9.17, 15) is 0 Å². The Morgan fingerprint density at radius 2 is 2.27 bits per heavy atom. The van der Waals surface area contributed by atoms with Gasteiger partial charge in [-0.25, -0.2) is 4.98 Å². The number of aliphatic hydroxyl groups is 1. The van der Waals surface area contributed by atoms with Crippen LogP contribution in [0, 0.1) is 0 Å². The molecule has 0 amide bonds. The maximum absolute atomic E-state index is 8.76. The summed E-state index contributed by atoms with van der Waals surface area (Å²) in [6.07, 6.45) is 0.871. The first-order valence-electron chi connectivity index (χ1n) is 3.63. The third-order valence-electron chi connectivity index (χ3n) is 1.60. The van der Waals surface area contributed by atoms with E-state index in [1.807, 2.05) is 13.0 Å². The van der Waals surface area contributed by atoms with Crippen LogP contribution in [0.5, 0.6) is 0 Å². The quantitative estimate of drug-likeness (QED) is 0.656. The molecule has 3 heteroatoms. The van der Waals surface area contributed by atoms with Crippen LogP contribution >= 0.6 is 0 Å². The molecule has 0 saturated heterocycles. The lowest BCUT2D eigenvalue weighted by Crippen LogP contribution is -1.99. The highest BCUT2D eigenvalue weighted by Gasteiger charge is 1.98. The molecule has 3 N–H and O–H groups in total. The molecule has 0 aromatic carbocycles. The van der Waals surface area contributed by atoms with Crippen LogP contribution in [0.15, 0.2) is 12.1 Å². The molecule has 0 aliphatic heterocycles. The van der Waals surface area contributed by atoms with Crippen molar-refractivity contribution in [3.63, 3.8) is 0 Å². The van der Waals surface area contributed by atoms with E-state index in [0.717, 1.165) is 12.1 Å². The molecule has 1 heterocycles. The third-order valence-corrected chi connectivity index (χ3v) is 1.60. The standard InChI is InChI=1S/C8H12N2O/c1-2-7-4-3-6(5-11)8(9)10-7/h3-4,11H,2,5H2,1H3,(H2,9,10). The number of nitrogens with two attached hydrogens (primary N) is 1. The van der Waals surface area contributed by atoms with E-state index in [2.05, 4.69) is 4.98 Å². The second-order valence-electron chi connectivity index (χ2n) is 2.36. The summed E-state index contributed by atoms with van der Waals surface area (Å²) in [5, 5.41) is 8.76. The molecule has 0 radical (unpaired) electrons. The van der Waals surface area contributed by atoms with Crippen LogP contribution in [0.4, 0.5) is 5.82 Å². The first kappa shape index (κ1) is 8.01. The van der Waals surface area contributed by atoms with Crippen molar-refractivity contribution in [2.75, 3.05) is 5.73 Å². The molecule has 60 valence electrons. The van der Waals surface area contributed by atoms with Gasteiger partial charge < -0.3 is 10.8 Å². The van der Waals surface area contributed by atoms with Crippen molar-refractivity contribution in [3.05, 3.63) is 23.4 Å². The van der Waals surface area contributed by atoms with E-state index >= 15 is 0 Å². The van der Waals surface area contributed by atoms with Crippen LogP contribution < -0.4 is 5.73 Å². The van der Waals surface area contributed by atoms with E-state index in [1.165, 1.54) is 0 Å². The second kappa shape index (κ2) is 3.34. The lowest BCUT2D eigenvalue weighted by molar-refractivity contribution is 0.282. The Kier molecular flexibility index (Phi) is 2.44. The Balaban J connectivity index is 2.99. The molecule has 0 aliphatic carbocycles. The highest BCUT2D eigenvalue weighted by Crippen LogP contribution is 2.09. The number of pyridine rings is 1. The first-order chi connectivity index (χ1) is 5.27. The van der Waals surface area contributed by atoms with E-state index in [-0.39, 0.29) is 6.61 Å². The SMILES string of the molecule is CCc1ccc(CO)c(N)n1. The zero-order chi connectivity index (χ0) is 8.27. The average molecular weight is 152 g/mol. The van der Waals surface area contributed by atoms with Gasteiger partial charge in [0.2, 0.25) is 0 Å². The van der Waals surface area contributed by atoms with Crippen molar-refractivity contribution in [1.29, 1.82) is 0 Å². The summed E-state index contributed by atoms with van der Waals surface area (Å²) in [6.45, 7) is 1.98. The summed E-state index contributed by atoms with van der Waals surface area (Å²) in [4.78, 5) is 4.08. The molecule has 0 atom stereocenters. The summed E-state index contributed by atoms with van der Waals surface area (Å²) >= 11 is 0. The predicted molar refractivity (Wildman–Crippen MR) is 44.0 cm³/mol. The molecule has 1 aromatic rings. The summed E-state index contributed by atoms with van der Waals surface area (Å²) in [7, 11) is 0. The molecule has 0 spiro atoms. The number of hydrogen-bond donors (Lipinski definition) is 2. The largest absolute Gasteiger partial charge is 0.392 e. The monoisotopic (exact) mass is 152 g/mol. The second-order valence-corrected chi connectivity index (χ2v) is 2.36. The minimum atomic E-state index is -0.0389. The van der Waals surface area contributed by atoms with Crippen LogP contribution in [0.2, 0.25) is 0 Å². The summed E-state index contributed by atoms with van der Waals surface area (Å²) in [5.41, 5.74) is 7.19. The normalized spacial score (nSPS) is 10.0. The fourth-order valence-corrected chi connectivity index (χ4v) is 0.877. The topological polar surface area (TPSA) is 59.1 Å². The minimum Gasteiger partial charge on any atom is -0.392 e. The van der Waals surface area contributed by atoms with E-state index in [1.54, 1.807) is 6.07 Å². The van der Waals surface area contributed by atoms with Gasteiger partial charge in [0, 0.05) is 11.3 Å². The number of rotatable bonds is 2. The molecule has 1 aromatic heterocycles. The van der Waals surface area contributed by atoms with Crippen molar-refractivity contribution in [3.8, 4) is 0 Å². The van der Waals surface area contributed by atoms with Crippen molar-refractivity contribution in [2.45, 2.75) is 20.0 Å². The molecular weight excluding hydrogens is 140 g/mol. The van der Waals surface area contributed by atoms with Crippen LogP contribution in [-0.4, -0.2) is 10.1 Å². The fourth-order valence-electron chi connectivity index (χ4n) is 0.877. The summed E-state index contributed by atoms with van der Waals surface area (Å²) < 4.78 is 0. The number of nitrogen functional groups attached to an aromatic ring is 1. The molecular formula is C8H12N2O. The Bertz CT molecular complexity index is 248. The Morgan fingerprint density at radius 3 is 2.73 bits per heavy atom. The summed E-state index contributed by atoms with van der Waals surface area (Å²) in [6, 6.07) is 3.68. The van der Waals surface area contributed by atoms with Gasteiger partial charge in [0.05, 0.1) is 6.61 Å². The van der Waals surface area contributed by atoms with E-state index in [4.69, 9.17) is 10.8 Å². The predicted octanol–water partition coefficient (Wildman–Crippen LogP) is 0.719. The van der Waals surface area contributed by atoms with Gasteiger partial charge in [0.25, 0.3) is 0 Å². The van der Waals surface area contributed by atoms with Gasteiger partial charge in [-0.3, -0.25) is 0 Å². The van der Waals surface area contributed by atoms with Crippen LogP contribution in [0.25, 0.3) is 0 Å². The number of nitrogens with zero attached hydrogens (tertiary/aromatic N) is 1. The molecule has 11 heavy (non-hydrogen) atoms. The highest BCUT2D eigenvalue weighted by atomic mass is 16.3. The number of aryl methyl sites for hydroxylation is 1. The Labute approximate surface area is 65.9 Å². The van der Waals surface area contributed by atoms with Crippen molar-refractivity contribution in [2.24, 2.45) is 0 Å². The molecule has 3 nitrogen and oxygen atoms in total. The first-order valence-corrected chi connectivity index (χ1v) is 3.63. The van der Waals surface area contributed by atoms with Crippen LogP contribution in [0.1, 0.15) is 18.2 Å². The van der Waals surface area contributed by atoms with Crippen LogP contribution in [0.3, 0.4) is 0 Å². The number of aromatic nitrogens is 1. The maximum Gasteiger partial charge on any atom is 0.129 e. The number of aliphatic hydroxyl groups excluding tert-OH is 1. The Hall–Kier alpha value is -1.09. The molecule has 0 unspecified atom stereocenters. The Morgan fingerprint density at radius 1 is 1.55 bits per heavy atom. The van der Waals surface area contributed by atoms with Gasteiger partial charge in [0.1, 0.15) is 5.82 Å². The zero-order valence-corrected chi connectivity index (χ0v) is 6.54. The van der Waals surface area contributed by atoms with Gasteiger partial charge in [-0.1, -0.05) is 13.0 Å². The van der Waals surface area contributed by atoms with Gasteiger partial charge in [-0.2, -0.15) is 0 Å². The molecule has 0 bridgehead atoms. The number of hydrogen-bond acceptors (Lipinski definition) is 3. The van der Waals surface area contributed by atoms with Crippen molar-refractivity contribution >= 4 is 5.82 Å². The highest BCUT2D eigenvalue weighted by molar-refractivity contribution is 5.39.